The number of hydrogen-bond donors (Lipinski definition) is 3. The molecule has 1 saturated heterocycles. The lowest BCUT2D eigenvalue weighted by molar-refractivity contribution is -0.121. The maximum atomic E-state index is 12.1. The Balaban J connectivity index is 2.19. The van der Waals surface area contributed by atoms with Crippen LogP contribution >= 0.6 is 0 Å². The van der Waals surface area contributed by atoms with Crippen LogP contribution in [0.5, 0.6) is 0 Å². The normalized spacial score (nSPS) is 17.4. The average Bonchev–Trinajstić information content (AvgIpc) is 2.27. The number of sulfonamides is 1. The van der Waals surface area contributed by atoms with Crippen LogP contribution in [-0.4, -0.2) is 27.4 Å². The SMILES string of the molecule is Cc1c(NC(=O)C(C)C2CNC2)cccc1S(N)(=O)=O. The van der Waals surface area contributed by atoms with Gasteiger partial charge in [-0.2, -0.15) is 0 Å². The van der Waals surface area contributed by atoms with E-state index >= 15 is 0 Å². The van der Waals surface area contributed by atoms with Crippen LogP contribution in [0.2, 0.25) is 0 Å². The molecule has 0 aromatic heterocycles. The highest BCUT2D eigenvalue weighted by atomic mass is 32.2. The molecule has 0 saturated carbocycles. The Labute approximate surface area is 118 Å². The van der Waals surface area contributed by atoms with Crippen LogP contribution in [0, 0.1) is 18.8 Å². The standard InChI is InChI=1S/C13H19N3O3S/c1-8(10-6-15-7-10)13(17)16-11-4-3-5-12(9(11)2)20(14,18)19/h3-5,8,10,15H,6-7H2,1-2H3,(H,16,17)(H2,14,18,19). The zero-order valence-corrected chi connectivity index (χ0v) is 12.3. The number of benzene rings is 1. The number of hydrogen-bond acceptors (Lipinski definition) is 4. The second-order valence-electron chi connectivity index (χ2n) is 5.17. The fraction of sp³-hybridized carbons (Fsp3) is 0.462. The number of amides is 1. The van der Waals surface area contributed by atoms with Gasteiger partial charge < -0.3 is 10.6 Å². The van der Waals surface area contributed by atoms with Gasteiger partial charge in [0.2, 0.25) is 15.9 Å². The number of carbonyl (C=O) groups excluding carboxylic acids is 1. The summed E-state index contributed by atoms with van der Waals surface area (Å²) in [4.78, 5) is 12.2. The van der Waals surface area contributed by atoms with Crippen LogP contribution < -0.4 is 15.8 Å². The third-order valence-electron chi connectivity index (χ3n) is 3.78. The minimum Gasteiger partial charge on any atom is -0.326 e. The summed E-state index contributed by atoms with van der Waals surface area (Å²) in [5.74, 6) is 0.108. The topological polar surface area (TPSA) is 101 Å². The summed E-state index contributed by atoms with van der Waals surface area (Å²) < 4.78 is 22.9. The number of nitrogens with two attached hydrogens (primary N) is 1. The van der Waals surface area contributed by atoms with Crippen LogP contribution in [0.15, 0.2) is 23.1 Å². The van der Waals surface area contributed by atoms with Crippen molar-refractivity contribution < 1.29 is 13.2 Å². The summed E-state index contributed by atoms with van der Waals surface area (Å²) in [7, 11) is -3.78. The van der Waals surface area contributed by atoms with E-state index in [-0.39, 0.29) is 16.7 Å². The Morgan fingerprint density at radius 2 is 2.10 bits per heavy atom. The zero-order chi connectivity index (χ0) is 14.9. The summed E-state index contributed by atoms with van der Waals surface area (Å²) in [5, 5.41) is 11.1. The number of primary sulfonamides is 1. The quantitative estimate of drug-likeness (QED) is 0.750. The van der Waals surface area contributed by atoms with Gasteiger partial charge in [0.1, 0.15) is 0 Å². The molecule has 1 aromatic carbocycles. The first-order chi connectivity index (χ1) is 9.30. The van der Waals surface area contributed by atoms with Gasteiger partial charge in [-0.15, -0.1) is 0 Å². The first-order valence-corrected chi connectivity index (χ1v) is 7.99. The van der Waals surface area contributed by atoms with Crippen molar-refractivity contribution in [1.29, 1.82) is 0 Å². The van der Waals surface area contributed by atoms with Gasteiger partial charge in [0, 0.05) is 11.6 Å². The van der Waals surface area contributed by atoms with Crippen molar-refractivity contribution in [2.45, 2.75) is 18.7 Å². The van der Waals surface area contributed by atoms with Crippen molar-refractivity contribution in [3.05, 3.63) is 23.8 Å². The Morgan fingerprint density at radius 3 is 2.60 bits per heavy atom. The van der Waals surface area contributed by atoms with Crippen molar-refractivity contribution in [2.75, 3.05) is 18.4 Å². The number of rotatable bonds is 4. The van der Waals surface area contributed by atoms with Crippen molar-refractivity contribution in [3.63, 3.8) is 0 Å². The van der Waals surface area contributed by atoms with E-state index in [0.29, 0.717) is 17.2 Å². The molecule has 1 atom stereocenters. The largest absolute Gasteiger partial charge is 0.326 e. The first kappa shape index (κ1) is 15.0. The lowest BCUT2D eigenvalue weighted by Gasteiger charge is -2.31. The summed E-state index contributed by atoms with van der Waals surface area (Å²) in [6.07, 6.45) is 0. The van der Waals surface area contributed by atoms with Crippen molar-refractivity contribution in [3.8, 4) is 0 Å². The van der Waals surface area contributed by atoms with Crippen LogP contribution in [0.4, 0.5) is 5.69 Å². The molecule has 110 valence electrons. The van der Waals surface area contributed by atoms with Gasteiger partial charge in [0.15, 0.2) is 0 Å². The second kappa shape index (κ2) is 5.51. The van der Waals surface area contributed by atoms with Gasteiger partial charge in [0.05, 0.1) is 4.90 Å². The van der Waals surface area contributed by atoms with Gasteiger partial charge in [-0.1, -0.05) is 13.0 Å². The second-order valence-corrected chi connectivity index (χ2v) is 6.70. The predicted octanol–water partition coefficient (Wildman–Crippen LogP) is 0.436. The highest BCUT2D eigenvalue weighted by Crippen LogP contribution is 2.24. The minimum atomic E-state index is -3.78. The predicted molar refractivity (Wildman–Crippen MR) is 76.7 cm³/mol. The molecule has 0 aliphatic carbocycles. The number of anilines is 1. The fourth-order valence-electron chi connectivity index (χ4n) is 2.18. The minimum absolute atomic E-state index is 0.0354. The van der Waals surface area contributed by atoms with Gasteiger partial charge in [-0.05, 0) is 43.6 Å². The van der Waals surface area contributed by atoms with E-state index in [1.807, 2.05) is 6.92 Å². The van der Waals surface area contributed by atoms with Gasteiger partial charge in [0.25, 0.3) is 0 Å². The third kappa shape index (κ3) is 3.00. The fourth-order valence-corrected chi connectivity index (χ4v) is 2.99. The first-order valence-electron chi connectivity index (χ1n) is 6.44. The molecule has 20 heavy (non-hydrogen) atoms. The summed E-state index contributed by atoms with van der Waals surface area (Å²) in [6, 6.07) is 4.67. The summed E-state index contributed by atoms with van der Waals surface area (Å²) >= 11 is 0. The van der Waals surface area contributed by atoms with Crippen LogP contribution in [0.25, 0.3) is 0 Å². The highest BCUT2D eigenvalue weighted by molar-refractivity contribution is 7.89. The summed E-state index contributed by atoms with van der Waals surface area (Å²) in [5.41, 5.74) is 0.947. The number of carbonyl (C=O) groups is 1. The lowest BCUT2D eigenvalue weighted by atomic mass is 9.88. The maximum Gasteiger partial charge on any atom is 0.238 e. The Kier molecular flexibility index (Phi) is 4.12. The third-order valence-corrected chi connectivity index (χ3v) is 4.84. The van der Waals surface area contributed by atoms with Crippen LogP contribution in [0.3, 0.4) is 0 Å². The van der Waals surface area contributed by atoms with E-state index < -0.39 is 10.0 Å². The lowest BCUT2D eigenvalue weighted by Crippen LogP contribution is -2.48. The molecule has 7 heteroatoms. The molecule has 4 N–H and O–H groups in total. The Morgan fingerprint density at radius 1 is 1.45 bits per heavy atom. The molecule has 2 rings (SSSR count). The van der Waals surface area contributed by atoms with Crippen LogP contribution in [-0.2, 0) is 14.8 Å². The zero-order valence-electron chi connectivity index (χ0n) is 11.5. The van der Waals surface area contributed by atoms with E-state index in [9.17, 15) is 13.2 Å². The van der Waals surface area contributed by atoms with Crippen molar-refractivity contribution in [2.24, 2.45) is 17.0 Å². The van der Waals surface area contributed by atoms with Crippen molar-refractivity contribution >= 4 is 21.6 Å². The molecule has 1 heterocycles. The van der Waals surface area contributed by atoms with E-state index in [1.165, 1.54) is 6.07 Å². The monoisotopic (exact) mass is 297 g/mol. The van der Waals surface area contributed by atoms with Crippen molar-refractivity contribution in [1.82, 2.24) is 5.32 Å². The molecule has 1 amide bonds. The molecule has 1 unspecified atom stereocenters. The molecule has 1 fully saturated rings. The molecular formula is C13H19N3O3S. The molecule has 0 spiro atoms. The van der Waals surface area contributed by atoms with E-state index in [4.69, 9.17) is 5.14 Å². The Hall–Kier alpha value is -1.44. The molecule has 1 aliphatic heterocycles. The van der Waals surface area contributed by atoms with E-state index in [0.717, 1.165) is 13.1 Å². The van der Waals surface area contributed by atoms with Gasteiger partial charge >= 0.3 is 0 Å². The number of nitrogens with one attached hydrogen (secondary N) is 2. The van der Waals surface area contributed by atoms with E-state index in [1.54, 1.807) is 19.1 Å². The molecule has 1 aliphatic rings. The van der Waals surface area contributed by atoms with E-state index in [2.05, 4.69) is 10.6 Å². The molecule has 0 radical (unpaired) electrons. The molecular weight excluding hydrogens is 278 g/mol. The molecule has 1 aromatic rings. The molecule has 6 nitrogen and oxygen atoms in total. The summed E-state index contributed by atoms with van der Waals surface area (Å²) in [6.45, 7) is 5.18. The van der Waals surface area contributed by atoms with Gasteiger partial charge in [-0.3, -0.25) is 4.79 Å². The van der Waals surface area contributed by atoms with Gasteiger partial charge in [-0.25, -0.2) is 13.6 Å². The van der Waals surface area contributed by atoms with Crippen LogP contribution in [0.1, 0.15) is 12.5 Å². The molecule has 0 bridgehead atoms. The maximum absolute atomic E-state index is 12.1. The Bertz CT molecular complexity index is 624. The highest BCUT2D eigenvalue weighted by Gasteiger charge is 2.29. The smallest absolute Gasteiger partial charge is 0.238 e. The average molecular weight is 297 g/mol.